The summed E-state index contributed by atoms with van der Waals surface area (Å²) in [6, 6.07) is 0. The molecule has 0 rings (SSSR count). The zero-order valence-electron chi connectivity index (χ0n) is 6.15. The molecule has 0 amide bonds. The molecular weight excluding hydrogens is 147 g/mol. The van der Waals surface area contributed by atoms with E-state index in [1.54, 1.807) is 0 Å². The predicted molar refractivity (Wildman–Crippen MR) is 49.3 cm³/mol. The summed E-state index contributed by atoms with van der Waals surface area (Å²) in [5.74, 6) is 0. The number of hydrogen-bond donors (Lipinski definition) is 0. The minimum atomic E-state index is 0.753. The lowest BCUT2D eigenvalue weighted by molar-refractivity contribution is 0.659. The molecule has 0 bridgehead atoms. The Kier molecular flexibility index (Phi) is 9.01. The van der Waals surface area contributed by atoms with Gasteiger partial charge in [0.25, 0.3) is 0 Å². The molecule has 54 valence electrons. The van der Waals surface area contributed by atoms with Crippen LogP contribution >= 0.6 is 7.36 Å². The average Bonchev–Trinajstić information content (AvgIpc) is 1.89. The van der Waals surface area contributed by atoms with Crippen molar-refractivity contribution < 1.29 is 0 Å². The normalized spacial score (nSPS) is 10.3. The third-order valence-electron chi connectivity index (χ3n) is 1.38. The maximum atomic E-state index is 4.86. The van der Waals surface area contributed by atoms with E-state index in [1.807, 2.05) is 0 Å². The topological polar surface area (TPSA) is 0 Å². The van der Waals surface area contributed by atoms with Crippen LogP contribution in [-0.2, 0) is 11.8 Å². The van der Waals surface area contributed by atoms with Crippen LogP contribution < -0.4 is 0 Å². The van der Waals surface area contributed by atoms with Crippen LogP contribution in [0.15, 0.2) is 0 Å². The fourth-order valence-electron chi connectivity index (χ4n) is 0.801. The van der Waals surface area contributed by atoms with Crippen LogP contribution in [-0.4, -0.2) is 6.16 Å². The molecule has 0 saturated carbocycles. The molecule has 0 aromatic heterocycles. The van der Waals surface area contributed by atoms with E-state index in [9.17, 15) is 0 Å². The minimum Gasteiger partial charge on any atom is -0.0654 e. The highest BCUT2D eigenvalue weighted by atomic mass is 32.4. The van der Waals surface area contributed by atoms with Crippen LogP contribution in [0, 0.1) is 0 Å². The second-order valence-electron chi connectivity index (χ2n) is 2.31. The van der Waals surface area contributed by atoms with Crippen molar-refractivity contribution >= 4 is 19.2 Å². The van der Waals surface area contributed by atoms with Crippen LogP contribution in [0.5, 0.6) is 0 Å². The van der Waals surface area contributed by atoms with E-state index >= 15 is 0 Å². The molecule has 0 saturated heterocycles. The van der Waals surface area contributed by atoms with Crippen LogP contribution in [0.3, 0.4) is 0 Å². The van der Waals surface area contributed by atoms with Gasteiger partial charge in [-0.15, -0.1) is 0 Å². The molecule has 0 aliphatic heterocycles. The minimum absolute atomic E-state index is 0.753. The molecule has 0 heterocycles. The molecule has 0 nitrogen and oxygen atoms in total. The van der Waals surface area contributed by atoms with Crippen molar-refractivity contribution in [3.8, 4) is 0 Å². The SMILES string of the molecule is CCCCCCC[PH+]=S. The molecule has 1 atom stereocenters. The van der Waals surface area contributed by atoms with Gasteiger partial charge in [0.2, 0.25) is 0 Å². The van der Waals surface area contributed by atoms with E-state index in [0.717, 1.165) is 7.36 Å². The molecule has 2 heteroatoms. The second kappa shape index (κ2) is 8.52. The van der Waals surface area contributed by atoms with Gasteiger partial charge in [0, 0.05) is 0 Å². The van der Waals surface area contributed by atoms with E-state index in [2.05, 4.69) is 6.92 Å². The largest absolute Gasteiger partial charge is 0.160 e. The standard InChI is InChI=1S/C7H15PS/c1-2-3-4-5-6-7-8-9/h2-7H2,1H3/p+1. The van der Waals surface area contributed by atoms with Crippen molar-refractivity contribution in [2.75, 3.05) is 6.16 Å². The first-order chi connectivity index (χ1) is 4.41. The Balaban J connectivity index is 2.66. The summed E-state index contributed by atoms with van der Waals surface area (Å²) in [5, 5.41) is 0. The lowest BCUT2D eigenvalue weighted by Crippen LogP contribution is -1.76. The van der Waals surface area contributed by atoms with Crippen LogP contribution in [0.4, 0.5) is 0 Å². The van der Waals surface area contributed by atoms with E-state index in [4.69, 9.17) is 11.8 Å². The molecule has 0 aromatic carbocycles. The zero-order chi connectivity index (χ0) is 6.95. The first-order valence-corrected chi connectivity index (χ1v) is 6.10. The van der Waals surface area contributed by atoms with Gasteiger partial charge >= 0.3 is 0 Å². The molecule has 0 radical (unpaired) electrons. The summed E-state index contributed by atoms with van der Waals surface area (Å²) in [5.41, 5.74) is 0. The maximum Gasteiger partial charge on any atom is 0.160 e. The Labute approximate surface area is 64.9 Å². The van der Waals surface area contributed by atoms with E-state index in [1.165, 1.54) is 38.3 Å². The first kappa shape index (κ1) is 9.52. The first-order valence-electron chi connectivity index (χ1n) is 3.76. The Bertz CT molecular complexity index is 63.9. The molecular formula is C7H16PS+. The van der Waals surface area contributed by atoms with Crippen molar-refractivity contribution in [2.24, 2.45) is 0 Å². The summed E-state index contributed by atoms with van der Waals surface area (Å²) in [6.07, 6.45) is 8.20. The average molecular weight is 163 g/mol. The van der Waals surface area contributed by atoms with Crippen molar-refractivity contribution in [3.63, 3.8) is 0 Å². The quantitative estimate of drug-likeness (QED) is 0.428. The zero-order valence-corrected chi connectivity index (χ0v) is 7.97. The van der Waals surface area contributed by atoms with Crippen molar-refractivity contribution in [1.82, 2.24) is 0 Å². The van der Waals surface area contributed by atoms with Gasteiger partial charge in [-0.3, -0.25) is 0 Å². The Hall–Kier alpha value is 0.520. The van der Waals surface area contributed by atoms with Gasteiger partial charge in [-0.1, -0.05) is 26.2 Å². The van der Waals surface area contributed by atoms with Gasteiger partial charge in [-0.05, 0) is 12.8 Å². The highest BCUT2D eigenvalue weighted by Gasteiger charge is 1.89. The molecule has 1 unspecified atom stereocenters. The summed E-state index contributed by atoms with van der Waals surface area (Å²) < 4.78 is 0. The van der Waals surface area contributed by atoms with Gasteiger partial charge in [-0.25, -0.2) is 0 Å². The molecule has 0 fully saturated rings. The van der Waals surface area contributed by atoms with Gasteiger partial charge in [0.05, 0.1) is 0 Å². The smallest absolute Gasteiger partial charge is 0.0654 e. The Morgan fingerprint density at radius 3 is 2.33 bits per heavy atom. The Morgan fingerprint density at radius 1 is 1.11 bits per heavy atom. The summed E-state index contributed by atoms with van der Waals surface area (Å²) in [7, 11) is 0.753. The molecule has 9 heavy (non-hydrogen) atoms. The van der Waals surface area contributed by atoms with E-state index in [-0.39, 0.29) is 0 Å². The fraction of sp³-hybridized carbons (Fsp3) is 1.00. The third-order valence-corrected chi connectivity index (χ3v) is 2.55. The lowest BCUT2D eigenvalue weighted by atomic mass is 10.2. The van der Waals surface area contributed by atoms with Crippen LogP contribution in [0.25, 0.3) is 0 Å². The number of rotatable bonds is 6. The number of hydrogen-bond acceptors (Lipinski definition) is 1. The molecule has 0 aliphatic rings. The van der Waals surface area contributed by atoms with E-state index < -0.39 is 0 Å². The summed E-state index contributed by atoms with van der Waals surface area (Å²) in [6.45, 7) is 2.24. The highest BCUT2D eigenvalue weighted by molar-refractivity contribution is 7.96. The van der Waals surface area contributed by atoms with E-state index in [0.29, 0.717) is 0 Å². The third kappa shape index (κ3) is 8.52. The van der Waals surface area contributed by atoms with Gasteiger partial charge < -0.3 is 0 Å². The summed E-state index contributed by atoms with van der Waals surface area (Å²) >= 11 is 4.86. The van der Waals surface area contributed by atoms with Crippen molar-refractivity contribution in [1.29, 1.82) is 0 Å². The molecule has 0 spiro atoms. The number of unbranched alkanes of at least 4 members (excludes halogenated alkanes) is 4. The maximum absolute atomic E-state index is 4.86. The van der Waals surface area contributed by atoms with Crippen molar-refractivity contribution in [3.05, 3.63) is 0 Å². The second-order valence-corrected chi connectivity index (χ2v) is 3.96. The van der Waals surface area contributed by atoms with Gasteiger partial charge in [-0.2, -0.15) is 0 Å². The van der Waals surface area contributed by atoms with Crippen LogP contribution in [0.2, 0.25) is 0 Å². The highest BCUT2D eigenvalue weighted by Crippen LogP contribution is 2.05. The van der Waals surface area contributed by atoms with Gasteiger partial charge in [0.15, 0.2) is 19.2 Å². The predicted octanol–water partition coefficient (Wildman–Crippen LogP) is 3.10. The Morgan fingerprint density at radius 2 is 1.78 bits per heavy atom. The fourth-order valence-corrected chi connectivity index (χ4v) is 1.63. The molecule has 0 N–H and O–H groups in total. The monoisotopic (exact) mass is 163 g/mol. The van der Waals surface area contributed by atoms with Crippen LogP contribution in [0.1, 0.15) is 39.0 Å². The van der Waals surface area contributed by atoms with Gasteiger partial charge in [0.1, 0.15) is 6.16 Å². The van der Waals surface area contributed by atoms with Crippen molar-refractivity contribution in [2.45, 2.75) is 39.0 Å². The lowest BCUT2D eigenvalue weighted by Gasteiger charge is -1.91. The summed E-state index contributed by atoms with van der Waals surface area (Å²) in [4.78, 5) is 0. The molecule has 0 aromatic rings. The molecule has 0 aliphatic carbocycles.